The van der Waals surface area contributed by atoms with Gasteiger partial charge in [0, 0.05) is 32.8 Å². The maximum Gasteiger partial charge on any atom is 0.281 e. The van der Waals surface area contributed by atoms with Crippen LogP contribution in [0.1, 0.15) is 5.56 Å². The van der Waals surface area contributed by atoms with Crippen molar-refractivity contribution in [2.45, 2.75) is 0 Å². The summed E-state index contributed by atoms with van der Waals surface area (Å²) in [5, 5.41) is 17.1. The zero-order valence-corrected chi connectivity index (χ0v) is 18.4. The largest absolute Gasteiger partial charge is 0.506 e. The van der Waals surface area contributed by atoms with Crippen LogP contribution in [0.15, 0.2) is 101 Å². The molecular weight excluding hydrogens is 438 g/mol. The van der Waals surface area contributed by atoms with Crippen LogP contribution in [0.5, 0.6) is 0 Å². The highest BCUT2D eigenvalue weighted by molar-refractivity contribution is 5.96. The van der Waals surface area contributed by atoms with Crippen LogP contribution in [0.2, 0.25) is 0 Å². The van der Waals surface area contributed by atoms with E-state index in [1.807, 2.05) is 24.3 Å². The van der Waals surface area contributed by atoms with Gasteiger partial charge in [0.2, 0.25) is 0 Å². The van der Waals surface area contributed by atoms with E-state index in [2.05, 4.69) is 10.3 Å². The Hall–Kier alpha value is -4.97. The molecule has 0 atom stereocenters. The van der Waals surface area contributed by atoms with Gasteiger partial charge in [0.15, 0.2) is 5.43 Å². The lowest BCUT2D eigenvalue weighted by Gasteiger charge is -2.13. The van der Waals surface area contributed by atoms with Gasteiger partial charge in [0.25, 0.3) is 5.56 Å². The third-order valence-electron chi connectivity index (χ3n) is 6.24. The maximum absolute atomic E-state index is 13.8. The molecule has 168 valence electrons. The quantitative estimate of drug-likeness (QED) is 0.347. The summed E-state index contributed by atoms with van der Waals surface area (Å²) in [6.07, 6.45) is 0. The molecule has 0 unspecified atom stereocenters. The predicted octanol–water partition coefficient (Wildman–Crippen LogP) is 4.03. The number of nitrogens with one attached hydrogen (secondary N) is 1. The number of hydrogen-bond acceptors (Lipinski definition) is 6. The average Bonchev–Trinajstić information content (AvgIpc) is 2.87. The van der Waals surface area contributed by atoms with Gasteiger partial charge in [-0.15, -0.1) is 0 Å². The Bertz CT molecular complexity index is 1990. The van der Waals surface area contributed by atoms with Gasteiger partial charge in [0.05, 0.1) is 21.8 Å². The second-order valence-electron chi connectivity index (χ2n) is 8.39. The molecule has 4 aromatic carbocycles. The minimum absolute atomic E-state index is 0.0750. The van der Waals surface area contributed by atoms with E-state index >= 15 is 0 Å². The Morgan fingerprint density at radius 3 is 2.31 bits per heavy atom. The molecule has 1 aliphatic heterocycles. The molecule has 0 amide bonds. The fourth-order valence-corrected chi connectivity index (χ4v) is 4.71. The van der Waals surface area contributed by atoms with Gasteiger partial charge in [-0.2, -0.15) is 0 Å². The fourth-order valence-electron chi connectivity index (χ4n) is 4.71. The monoisotopic (exact) mass is 457 g/mol. The summed E-state index contributed by atoms with van der Waals surface area (Å²) >= 11 is 0. The van der Waals surface area contributed by atoms with Crippen LogP contribution in [0, 0.1) is 10.4 Å². The number of aromatic nitrogens is 1. The molecular formula is C29H19N3O3. The van der Waals surface area contributed by atoms with Gasteiger partial charge >= 0.3 is 0 Å². The van der Waals surface area contributed by atoms with Gasteiger partial charge < -0.3 is 16.2 Å². The van der Waals surface area contributed by atoms with E-state index < -0.39 is 5.56 Å². The van der Waals surface area contributed by atoms with Crippen LogP contribution < -0.4 is 27.3 Å². The van der Waals surface area contributed by atoms with Crippen molar-refractivity contribution in [3.63, 3.8) is 0 Å². The summed E-state index contributed by atoms with van der Waals surface area (Å²) in [6, 6.07) is 26.7. The van der Waals surface area contributed by atoms with E-state index in [1.54, 1.807) is 66.7 Å². The second kappa shape index (κ2) is 7.81. The normalized spacial score (nSPS) is 12.3. The van der Waals surface area contributed by atoms with Gasteiger partial charge in [-0.1, -0.05) is 60.7 Å². The Morgan fingerprint density at radius 2 is 1.54 bits per heavy atom. The van der Waals surface area contributed by atoms with E-state index in [4.69, 9.17) is 5.73 Å². The molecule has 4 aromatic rings. The number of nitrogens with two attached hydrogens (primary N) is 1. The summed E-state index contributed by atoms with van der Waals surface area (Å²) in [5.41, 5.74) is 7.96. The zero-order valence-electron chi connectivity index (χ0n) is 18.4. The van der Waals surface area contributed by atoms with Gasteiger partial charge in [0.1, 0.15) is 5.76 Å². The number of rotatable bonds is 3. The number of fused-ring (bicyclic) bond motifs is 2. The molecule has 0 aromatic heterocycles. The Balaban J connectivity index is 1.87. The molecule has 1 heterocycles. The van der Waals surface area contributed by atoms with Crippen LogP contribution in [-0.2, 0) is 0 Å². The van der Waals surface area contributed by atoms with Gasteiger partial charge in [-0.05, 0) is 35.7 Å². The molecule has 0 saturated carbocycles. The molecule has 1 aliphatic carbocycles. The molecule has 4 N–H and O–H groups in total. The Kier molecular flexibility index (Phi) is 4.60. The SMILES string of the molecule is Nc1cccc(Nc2ccc3nc(=O)/c(=C(/O)c4ccccc4)c4c5ccccc5c(=O)c2c3=4)c1. The average molecular weight is 457 g/mol. The number of anilines is 3. The number of aliphatic hydroxyl groups is 1. The lowest BCUT2D eigenvalue weighted by Crippen LogP contribution is -2.33. The van der Waals surface area contributed by atoms with Crippen LogP contribution in [0.3, 0.4) is 0 Å². The van der Waals surface area contributed by atoms with Crippen molar-refractivity contribution in [1.29, 1.82) is 0 Å². The molecule has 0 bridgehead atoms. The van der Waals surface area contributed by atoms with Crippen molar-refractivity contribution in [2.75, 3.05) is 11.1 Å². The summed E-state index contributed by atoms with van der Waals surface area (Å²) in [7, 11) is 0. The summed E-state index contributed by atoms with van der Waals surface area (Å²) in [6.45, 7) is 0. The van der Waals surface area contributed by atoms with Crippen molar-refractivity contribution in [3.8, 4) is 0 Å². The number of hydrogen-bond donors (Lipinski definition) is 3. The lowest BCUT2D eigenvalue weighted by molar-refractivity contribution is 0.506. The molecule has 0 fully saturated rings. The first-order valence-corrected chi connectivity index (χ1v) is 11.1. The van der Waals surface area contributed by atoms with E-state index in [1.165, 1.54) is 0 Å². The van der Waals surface area contributed by atoms with Crippen LogP contribution >= 0.6 is 0 Å². The van der Waals surface area contributed by atoms with Crippen molar-refractivity contribution in [1.82, 2.24) is 4.98 Å². The maximum atomic E-state index is 13.8. The standard InChI is InChI=1S/C29H19N3O3/c30-17-9-6-10-18(15-17)31-22-14-13-21-24-23(19-11-4-5-12-20(19)28(34)25(22)24)26(29(35)32-21)27(33)16-7-2-1-3-8-16/h1-15,31,33H,30H2/b27-26+. The van der Waals surface area contributed by atoms with Gasteiger partial charge in [-0.3, -0.25) is 9.59 Å². The fraction of sp³-hybridized carbons (Fsp3) is 0. The smallest absolute Gasteiger partial charge is 0.281 e. The third kappa shape index (κ3) is 3.23. The Morgan fingerprint density at radius 1 is 0.800 bits per heavy atom. The predicted molar refractivity (Wildman–Crippen MR) is 139 cm³/mol. The minimum Gasteiger partial charge on any atom is -0.506 e. The number of benzene rings is 4. The number of nitrogens with zero attached hydrogens (tertiary/aromatic N) is 1. The molecule has 35 heavy (non-hydrogen) atoms. The molecule has 6 rings (SSSR count). The van der Waals surface area contributed by atoms with Crippen molar-refractivity contribution in [3.05, 3.63) is 133 Å². The third-order valence-corrected chi connectivity index (χ3v) is 6.24. The first-order chi connectivity index (χ1) is 17.0. The highest BCUT2D eigenvalue weighted by Gasteiger charge is 2.18. The highest BCUT2D eigenvalue weighted by atomic mass is 16.3. The summed E-state index contributed by atoms with van der Waals surface area (Å²) in [4.78, 5) is 31.3. The van der Waals surface area contributed by atoms with Crippen molar-refractivity contribution >= 4 is 44.5 Å². The molecule has 0 saturated heterocycles. The zero-order chi connectivity index (χ0) is 24.1. The van der Waals surface area contributed by atoms with Gasteiger partial charge in [-0.25, -0.2) is 4.98 Å². The first kappa shape index (κ1) is 20.6. The molecule has 2 aliphatic rings. The second-order valence-corrected chi connectivity index (χ2v) is 8.39. The first-order valence-electron chi connectivity index (χ1n) is 11.1. The topological polar surface area (TPSA) is 105 Å². The lowest BCUT2D eigenvalue weighted by atomic mass is 9.96. The van der Waals surface area contributed by atoms with E-state index in [0.717, 1.165) is 5.69 Å². The van der Waals surface area contributed by atoms with E-state index in [-0.39, 0.29) is 16.4 Å². The van der Waals surface area contributed by atoms with Crippen LogP contribution in [0.25, 0.3) is 27.4 Å². The van der Waals surface area contributed by atoms with E-state index in [9.17, 15) is 14.7 Å². The molecule has 6 heteroatoms. The van der Waals surface area contributed by atoms with E-state index in [0.29, 0.717) is 49.1 Å². The minimum atomic E-state index is -0.555. The van der Waals surface area contributed by atoms with Crippen molar-refractivity contribution < 1.29 is 5.11 Å². The molecule has 0 spiro atoms. The highest BCUT2D eigenvalue weighted by Crippen LogP contribution is 2.27. The van der Waals surface area contributed by atoms with Crippen LogP contribution in [0.4, 0.5) is 17.1 Å². The number of nitrogen functional groups attached to an aromatic ring is 1. The Labute approximate surface area is 198 Å². The van der Waals surface area contributed by atoms with Crippen molar-refractivity contribution in [2.24, 2.45) is 0 Å². The molecule has 0 radical (unpaired) electrons. The van der Waals surface area contributed by atoms with Crippen LogP contribution in [-0.4, -0.2) is 10.1 Å². The molecule has 6 nitrogen and oxygen atoms in total. The summed E-state index contributed by atoms with van der Waals surface area (Å²) < 4.78 is 0. The number of aliphatic hydroxyl groups excluding tert-OH is 1. The summed E-state index contributed by atoms with van der Waals surface area (Å²) in [5.74, 6) is -0.177.